The number of amides is 1. The number of hydrogen-bond acceptors (Lipinski definition) is 7. The number of primary amides is 1. The molecule has 0 aliphatic carbocycles. The van der Waals surface area contributed by atoms with Gasteiger partial charge >= 0.3 is 0 Å². The SMILES string of the molecule is NC(=O)C[C@H](N)C1NNC([C@@H](N)CO)O1. The van der Waals surface area contributed by atoms with Crippen molar-refractivity contribution in [2.24, 2.45) is 17.2 Å². The zero-order valence-electron chi connectivity index (χ0n) is 8.22. The molecule has 0 bridgehead atoms. The van der Waals surface area contributed by atoms with Gasteiger partial charge in [0.05, 0.1) is 18.7 Å². The highest BCUT2D eigenvalue weighted by atomic mass is 16.6. The second kappa shape index (κ2) is 5.35. The predicted molar refractivity (Wildman–Crippen MR) is 51.8 cm³/mol. The second-order valence-electron chi connectivity index (χ2n) is 3.45. The van der Waals surface area contributed by atoms with Crippen LogP contribution in [-0.2, 0) is 9.53 Å². The Hall–Kier alpha value is -0.770. The van der Waals surface area contributed by atoms with Gasteiger partial charge in [0, 0.05) is 6.42 Å². The van der Waals surface area contributed by atoms with Gasteiger partial charge in [0.2, 0.25) is 5.91 Å². The number of carbonyl (C=O) groups excluding carboxylic acids is 1. The van der Waals surface area contributed by atoms with Crippen LogP contribution in [0.4, 0.5) is 0 Å². The van der Waals surface area contributed by atoms with E-state index in [1.807, 2.05) is 0 Å². The standard InChI is InChI=1S/C7H17N5O3/c8-3(1-5(10)14)6-11-12-7(15-6)4(9)2-13/h3-4,6-7,11-13H,1-2,8-9H2,(H2,10,14)/t3-,4-,6?,7?/m0/s1. The fourth-order valence-electron chi connectivity index (χ4n) is 1.24. The van der Waals surface area contributed by atoms with Crippen molar-refractivity contribution in [2.75, 3.05) is 6.61 Å². The molecule has 8 nitrogen and oxygen atoms in total. The van der Waals surface area contributed by atoms with Crippen LogP contribution in [0.15, 0.2) is 0 Å². The van der Waals surface area contributed by atoms with Gasteiger partial charge in [0.25, 0.3) is 0 Å². The van der Waals surface area contributed by atoms with Gasteiger partial charge in [0.15, 0.2) is 0 Å². The molecule has 2 unspecified atom stereocenters. The normalized spacial score (nSPS) is 30.1. The zero-order valence-corrected chi connectivity index (χ0v) is 8.22. The first-order valence-electron chi connectivity index (χ1n) is 4.61. The maximum Gasteiger partial charge on any atom is 0.219 e. The van der Waals surface area contributed by atoms with E-state index < -0.39 is 30.4 Å². The minimum Gasteiger partial charge on any atom is -0.395 e. The summed E-state index contributed by atoms with van der Waals surface area (Å²) >= 11 is 0. The molecule has 1 fully saturated rings. The van der Waals surface area contributed by atoms with E-state index in [-0.39, 0.29) is 13.0 Å². The third-order valence-electron chi connectivity index (χ3n) is 2.09. The Morgan fingerprint density at radius 2 is 1.87 bits per heavy atom. The molecular weight excluding hydrogens is 202 g/mol. The number of hydrogen-bond donors (Lipinski definition) is 6. The lowest BCUT2D eigenvalue weighted by Gasteiger charge is -2.19. The van der Waals surface area contributed by atoms with Gasteiger partial charge in [-0.1, -0.05) is 0 Å². The monoisotopic (exact) mass is 219 g/mol. The van der Waals surface area contributed by atoms with Crippen molar-refractivity contribution >= 4 is 5.91 Å². The molecular formula is C7H17N5O3. The summed E-state index contributed by atoms with van der Waals surface area (Å²) in [5.74, 6) is -0.497. The molecule has 0 aromatic carbocycles. The van der Waals surface area contributed by atoms with Gasteiger partial charge in [-0.2, -0.15) is 0 Å². The molecule has 1 heterocycles. The first kappa shape index (κ1) is 12.3. The third kappa shape index (κ3) is 3.38. The highest BCUT2D eigenvalue weighted by Crippen LogP contribution is 2.07. The number of ether oxygens (including phenoxy) is 1. The Morgan fingerprint density at radius 1 is 1.33 bits per heavy atom. The quantitative estimate of drug-likeness (QED) is 0.278. The van der Waals surface area contributed by atoms with E-state index in [2.05, 4.69) is 10.9 Å². The number of nitrogens with one attached hydrogen (secondary N) is 2. The molecule has 4 atom stereocenters. The Morgan fingerprint density at radius 3 is 2.33 bits per heavy atom. The van der Waals surface area contributed by atoms with E-state index in [0.29, 0.717) is 0 Å². The van der Waals surface area contributed by atoms with E-state index in [4.69, 9.17) is 27.0 Å². The summed E-state index contributed by atoms with van der Waals surface area (Å²) in [5.41, 5.74) is 21.6. The maximum atomic E-state index is 10.6. The van der Waals surface area contributed by atoms with Gasteiger partial charge < -0.3 is 27.0 Å². The van der Waals surface area contributed by atoms with Crippen molar-refractivity contribution in [1.29, 1.82) is 0 Å². The molecule has 0 aromatic heterocycles. The van der Waals surface area contributed by atoms with Crippen molar-refractivity contribution in [3.8, 4) is 0 Å². The topological polar surface area (TPSA) is 149 Å². The van der Waals surface area contributed by atoms with Gasteiger partial charge in [-0.15, -0.1) is 0 Å². The smallest absolute Gasteiger partial charge is 0.219 e. The molecule has 15 heavy (non-hydrogen) atoms. The molecule has 1 amide bonds. The molecule has 1 saturated heterocycles. The van der Waals surface area contributed by atoms with Gasteiger partial charge in [-0.05, 0) is 0 Å². The van der Waals surface area contributed by atoms with Gasteiger partial charge in [0.1, 0.15) is 12.5 Å². The lowest BCUT2D eigenvalue weighted by atomic mass is 10.2. The molecule has 8 heteroatoms. The zero-order chi connectivity index (χ0) is 11.4. The van der Waals surface area contributed by atoms with E-state index in [9.17, 15) is 4.79 Å². The van der Waals surface area contributed by atoms with Crippen molar-refractivity contribution in [3.05, 3.63) is 0 Å². The lowest BCUT2D eigenvalue weighted by molar-refractivity contribution is -0.119. The Labute approximate surface area is 87.1 Å². The van der Waals surface area contributed by atoms with Crippen molar-refractivity contribution < 1.29 is 14.6 Å². The molecule has 1 aliphatic heterocycles. The van der Waals surface area contributed by atoms with Crippen LogP contribution in [0, 0.1) is 0 Å². The number of aliphatic hydroxyl groups excluding tert-OH is 1. The molecule has 1 rings (SSSR count). The van der Waals surface area contributed by atoms with Crippen LogP contribution in [0.5, 0.6) is 0 Å². The van der Waals surface area contributed by atoms with Crippen LogP contribution < -0.4 is 28.1 Å². The van der Waals surface area contributed by atoms with Crippen molar-refractivity contribution in [2.45, 2.75) is 31.0 Å². The molecule has 1 aliphatic rings. The summed E-state index contributed by atoms with van der Waals surface area (Å²) < 4.78 is 5.34. The Balaban J connectivity index is 2.38. The minimum absolute atomic E-state index is 0.0143. The van der Waals surface area contributed by atoms with Crippen LogP contribution in [0.25, 0.3) is 0 Å². The van der Waals surface area contributed by atoms with E-state index in [0.717, 1.165) is 0 Å². The number of rotatable bonds is 5. The number of hydrazine groups is 1. The summed E-state index contributed by atoms with van der Waals surface area (Å²) in [6.45, 7) is -0.211. The molecule has 0 aromatic rings. The van der Waals surface area contributed by atoms with Gasteiger partial charge in [-0.25, -0.2) is 10.9 Å². The van der Waals surface area contributed by atoms with E-state index in [1.165, 1.54) is 0 Å². The van der Waals surface area contributed by atoms with E-state index in [1.54, 1.807) is 0 Å². The third-order valence-corrected chi connectivity index (χ3v) is 2.09. The number of nitrogens with two attached hydrogens (primary N) is 3. The lowest BCUT2D eigenvalue weighted by Crippen LogP contribution is -2.47. The van der Waals surface area contributed by atoms with Crippen LogP contribution in [-0.4, -0.2) is 42.2 Å². The average Bonchev–Trinajstić information content (AvgIpc) is 2.64. The number of carbonyl (C=O) groups is 1. The Kier molecular flexibility index (Phi) is 4.39. The van der Waals surface area contributed by atoms with Crippen LogP contribution in [0.2, 0.25) is 0 Å². The van der Waals surface area contributed by atoms with Gasteiger partial charge in [-0.3, -0.25) is 4.79 Å². The Bertz CT molecular complexity index is 227. The first-order valence-corrected chi connectivity index (χ1v) is 4.61. The summed E-state index contributed by atoms with van der Waals surface area (Å²) in [5, 5.41) is 8.79. The summed E-state index contributed by atoms with van der Waals surface area (Å²) in [7, 11) is 0. The molecule has 0 radical (unpaired) electrons. The summed E-state index contributed by atoms with van der Waals surface area (Å²) in [4.78, 5) is 10.6. The maximum absolute atomic E-state index is 10.6. The predicted octanol–water partition coefficient (Wildman–Crippen LogP) is -3.71. The fourth-order valence-corrected chi connectivity index (χ4v) is 1.24. The largest absolute Gasteiger partial charge is 0.395 e. The minimum atomic E-state index is -0.553. The van der Waals surface area contributed by atoms with Crippen molar-refractivity contribution in [3.63, 3.8) is 0 Å². The molecule has 88 valence electrons. The average molecular weight is 219 g/mol. The summed E-state index contributed by atoms with van der Waals surface area (Å²) in [6, 6.07) is -1.10. The molecule has 9 N–H and O–H groups in total. The highest BCUT2D eigenvalue weighted by molar-refractivity contribution is 5.74. The van der Waals surface area contributed by atoms with Crippen LogP contribution >= 0.6 is 0 Å². The first-order chi connectivity index (χ1) is 7.04. The molecule has 0 saturated carbocycles. The number of aliphatic hydroxyl groups is 1. The summed E-state index contributed by atoms with van der Waals surface area (Å²) in [6.07, 6.45) is -1.06. The molecule has 0 spiro atoms. The highest BCUT2D eigenvalue weighted by Gasteiger charge is 2.32. The van der Waals surface area contributed by atoms with E-state index >= 15 is 0 Å². The fraction of sp³-hybridized carbons (Fsp3) is 0.857. The van der Waals surface area contributed by atoms with Crippen LogP contribution in [0.3, 0.4) is 0 Å². The van der Waals surface area contributed by atoms with Crippen LogP contribution in [0.1, 0.15) is 6.42 Å². The second-order valence-corrected chi connectivity index (χ2v) is 3.45. The van der Waals surface area contributed by atoms with Crippen molar-refractivity contribution in [1.82, 2.24) is 10.9 Å².